The molecule has 0 unspecified atom stereocenters. The summed E-state index contributed by atoms with van der Waals surface area (Å²) in [6.45, 7) is 1.86. The van der Waals surface area contributed by atoms with Gasteiger partial charge in [0.2, 0.25) is 0 Å². The van der Waals surface area contributed by atoms with Crippen LogP contribution in [0, 0.1) is 6.92 Å². The van der Waals surface area contributed by atoms with Crippen molar-refractivity contribution in [2.75, 3.05) is 10.5 Å². The summed E-state index contributed by atoms with van der Waals surface area (Å²) in [6, 6.07) is 8.73. The highest BCUT2D eigenvalue weighted by atomic mass is 32.2. The van der Waals surface area contributed by atoms with Crippen molar-refractivity contribution in [2.24, 2.45) is 0 Å². The minimum atomic E-state index is -3.50. The Morgan fingerprint density at radius 2 is 1.95 bits per heavy atom. The van der Waals surface area contributed by atoms with E-state index in [9.17, 15) is 8.42 Å². The minimum Gasteiger partial charge on any atom is -0.384 e. The maximum atomic E-state index is 11.8. The predicted octanol–water partition coefficient (Wildman–Crippen LogP) is 1.17. The van der Waals surface area contributed by atoms with Gasteiger partial charge in [-0.3, -0.25) is 4.72 Å². The summed E-state index contributed by atoms with van der Waals surface area (Å²) in [5.41, 5.74) is 7.95. The average molecular weight is 307 g/mol. The summed E-state index contributed by atoms with van der Waals surface area (Å²) in [5, 5.41) is 4.27. The summed E-state index contributed by atoms with van der Waals surface area (Å²) < 4.78 is 30.3. The monoisotopic (exact) mass is 307 g/mol. The van der Waals surface area contributed by atoms with Crippen molar-refractivity contribution in [2.45, 2.75) is 25.8 Å². The number of nitrogens with zero attached hydrogens (tertiary/aromatic N) is 2. The fraction of sp³-hybridized carbons (Fsp3) is 0.308. The molecule has 4 N–H and O–H groups in total. The van der Waals surface area contributed by atoms with Crippen molar-refractivity contribution in [3.05, 3.63) is 36.0 Å². The smallest absolute Gasteiger partial charge is 0.299 e. The Hall–Kier alpha value is -2.06. The SMILES string of the molecule is Cc1cc(N)n(-c2ccc(NS(=O)(=O)NC3CC3)cc2)n1. The third-order valence-corrected chi connectivity index (χ3v) is 4.27. The second-order valence-electron chi connectivity index (χ2n) is 5.17. The molecular weight excluding hydrogens is 290 g/mol. The van der Waals surface area contributed by atoms with E-state index in [1.165, 1.54) is 0 Å². The van der Waals surface area contributed by atoms with E-state index in [0.29, 0.717) is 11.5 Å². The van der Waals surface area contributed by atoms with Crippen LogP contribution in [0.1, 0.15) is 18.5 Å². The lowest BCUT2D eigenvalue weighted by atomic mass is 10.3. The van der Waals surface area contributed by atoms with Crippen molar-refractivity contribution in [3.63, 3.8) is 0 Å². The maximum absolute atomic E-state index is 11.8. The normalized spacial score (nSPS) is 15.1. The van der Waals surface area contributed by atoms with Gasteiger partial charge in [-0.15, -0.1) is 0 Å². The molecule has 8 heteroatoms. The number of nitrogen functional groups attached to an aromatic ring is 1. The zero-order chi connectivity index (χ0) is 15.0. The first-order valence-corrected chi connectivity index (χ1v) is 8.14. The summed E-state index contributed by atoms with van der Waals surface area (Å²) in [4.78, 5) is 0. The number of nitrogens with one attached hydrogen (secondary N) is 2. The first kappa shape index (κ1) is 13.9. The van der Waals surface area contributed by atoms with Crippen LogP contribution in [0.2, 0.25) is 0 Å². The van der Waals surface area contributed by atoms with E-state index in [-0.39, 0.29) is 6.04 Å². The number of rotatable bonds is 5. The van der Waals surface area contributed by atoms with Gasteiger partial charge in [-0.25, -0.2) is 4.68 Å². The maximum Gasteiger partial charge on any atom is 0.299 e. The van der Waals surface area contributed by atoms with Crippen LogP contribution in [0.3, 0.4) is 0 Å². The van der Waals surface area contributed by atoms with Gasteiger partial charge in [0.05, 0.1) is 11.4 Å². The quantitative estimate of drug-likeness (QED) is 0.771. The number of nitrogens with two attached hydrogens (primary N) is 1. The molecule has 3 rings (SSSR count). The van der Waals surface area contributed by atoms with E-state index < -0.39 is 10.2 Å². The topological polar surface area (TPSA) is 102 Å². The standard InChI is InChI=1S/C13H17N5O2S/c1-9-8-13(14)18(15-9)12-6-4-11(5-7-12)17-21(19,20)16-10-2-3-10/h4-8,10,16-17H,2-3,14H2,1H3. The van der Waals surface area contributed by atoms with Gasteiger partial charge in [0.15, 0.2) is 0 Å². The first-order chi connectivity index (χ1) is 9.93. The highest BCUT2D eigenvalue weighted by Gasteiger charge is 2.26. The summed E-state index contributed by atoms with van der Waals surface area (Å²) in [7, 11) is -3.50. The molecule has 1 heterocycles. The molecule has 2 aromatic rings. The third-order valence-electron chi connectivity index (χ3n) is 3.12. The average Bonchev–Trinajstić information content (AvgIpc) is 3.13. The van der Waals surface area contributed by atoms with Gasteiger partial charge in [0, 0.05) is 17.8 Å². The van der Waals surface area contributed by atoms with E-state index in [4.69, 9.17) is 5.73 Å². The van der Waals surface area contributed by atoms with Crippen molar-refractivity contribution >= 4 is 21.7 Å². The number of anilines is 2. The number of benzene rings is 1. The van der Waals surface area contributed by atoms with E-state index in [1.54, 1.807) is 35.0 Å². The van der Waals surface area contributed by atoms with Gasteiger partial charge >= 0.3 is 0 Å². The van der Waals surface area contributed by atoms with Gasteiger partial charge in [0.1, 0.15) is 5.82 Å². The van der Waals surface area contributed by atoms with Crippen LogP contribution < -0.4 is 15.2 Å². The zero-order valence-corrected chi connectivity index (χ0v) is 12.4. The predicted molar refractivity (Wildman–Crippen MR) is 81.4 cm³/mol. The van der Waals surface area contributed by atoms with E-state index in [1.807, 2.05) is 6.92 Å². The number of hydrogen-bond donors (Lipinski definition) is 3. The molecule has 0 radical (unpaired) electrons. The molecule has 1 aromatic heterocycles. The molecular formula is C13H17N5O2S. The molecule has 1 aliphatic rings. The molecule has 1 saturated carbocycles. The molecule has 0 amide bonds. The molecule has 112 valence electrons. The van der Waals surface area contributed by atoms with Crippen molar-refractivity contribution in [1.29, 1.82) is 0 Å². The van der Waals surface area contributed by atoms with E-state index in [0.717, 1.165) is 24.2 Å². The lowest BCUT2D eigenvalue weighted by molar-refractivity contribution is 0.586. The molecule has 1 aromatic carbocycles. The molecule has 0 bridgehead atoms. The van der Waals surface area contributed by atoms with Gasteiger partial charge in [0.25, 0.3) is 10.2 Å². The van der Waals surface area contributed by atoms with Crippen molar-refractivity contribution in [3.8, 4) is 5.69 Å². The number of aryl methyl sites for hydroxylation is 1. The number of aromatic nitrogens is 2. The Bertz CT molecular complexity index is 747. The van der Waals surface area contributed by atoms with E-state index in [2.05, 4.69) is 14.5 Å². The molecule has 1 fully saturated rings. The second-order valence-corrected chi connectivity index (χ2v) is 6.61. The lowest BCUT2D eigenvalue weighted by Crippen LogP contribution is -2.31. The van der Waals surface area contributed by atoms with Crippen LogP contribution in [0.25, 0.3) is 5.69 Å². The van der Waals surface area contributed by atoms with Crippen LogP contribution in [-0.2, 0) is 10.2 Å². The van der Waals surface area contributed by atoms with Crippen molar-refractivity contribution < 1.29 is 8.42 Å². The van der Waals surface area contributed by atoms with Crippen LogP contribution in [0.4, 0.5) is 11.5 Å². The van der Waals surface area contributed by atoms with Gasteiger partial charge in [-0.1, -0.05) is 0 Å². The minimum absolute atomic E-state index is 0.0774. The van der Waals surface area contributed by atoms with Crippen LogP contribution in [0.15, 0.2) is 30.3 Å². The van der Waals surface area contributed by atoms with Crippen LogP contribution in [-0.4, -0.2) is 24.2 Å². The zero-order valence-electron chi connectivity index (χ0n) is 11.6. The molecule has 0 atom stereocenters. The highest BCUT2D eigenvalue weighted by Crippen LogP contribution is 2.21. The van der Waals surface area contributed by atoms with Gasteiger partial charge in [-0.2, -0.15) is 18.2 Å². The Kier molecular flexibility index (Phi) is 3.34. The lowest BCUT2D eigenvalue weighted by Gasteiger charge is -2.09. The van der Waals surface area contributed by atoms with Crippen LogP contribution in [0.5, 0.6) is 0 Å². The fourth-order valence-corrected chi connectivity index (χ4v) is 3.18. The Labute approximate surface area is 123 Å². The largest absolute Gasteiger partial charge is 0.384 e. The highest BCUT2D eigenvalue weighted by molar-refractivity contribution is 7.90. The Morgan fingerprint density at radius 1 is 1.29 bits per heavy atom. The molecule has 0 saturated heterocycles. The molecule has 7 nitrogen and oxygen atoms in total. The molecule has 21 heavy (non-hydrogen) atoms. The van der Waals surface area contributed by atoms with E-state index >= 15 is 0 Å². The number of hydrogen-bond acceptors (Lipinski definition) is 4. The van der Waals surface area contributed by atoms with Gasteiger partial charge < -0.3 is 5.73 Å². The fourth-order valence-electron chi connectivity index (χ4n) is 2.00. The first-order valence-electron chi connectivity index (χ1n) is 6.65. The van der Waals surface area contributed by atoms with Crippen molar-refractivity contribution in [1.82, 2.24) is 14.5 Å². The molecule has 1 aliphatic carbocycles. The molecule has 0 spiro atoms. The van der Waals surface area contributed by atoms with Gasteiger partial charge in [-0.05, 0) is 44.0 Å². The Balaban J connectivity index is 1.76. The summed E-state index contributed by atoms with van der Waals surface area (Å²) in [5.74, 6) is 0.538. The summed E-state index contributed by atoms with van der Waals surface area (Å²) in [6.07, 6.45) is 1.80. The molecule has 0 aliphatic heterocycles. The third kappa shape index (κ3) is 3.34. The Morgan fingerprint density at radius 3 is 2.48 bits per heavy atom. The van der Waals surface area contributed by atoms with Crippen LogP contribution >= 0.6 is 0 Å². The second kappa shape index (κ2) is 5.05. The summed E-state index contributed by atoms with van der Waals surface area (Å²) >= 11 is 0.